The summed E-state index contributed by atoms with van der Waals surface area (Å²) >= 11 is 0. The summed E-state index contributed by atoms with van der Waals surface area (Å²) in [5, 5.41) is 0. The fourth-order valence-corrected chi connectivity index (χ4v) is 112. The molecule has 0 aromatic heterocycles. The largest absolute Gasteiger partial charge is 0.375 e. The third-order valence-electron chi connectivity index (χ3n) is 6.21. The van der Waals surface area contributed by atoms with Crippen molar-refractivity contribution >= 4 is 29.4 Å². The Kier molecular flexibility index (Phi) is 4.22. The molecule has 2 rings (SSSR count). The maximum Gasteiger partial charge on any atom is 0.0580 e. The van der Waals surface area contributed by atoms with Gasteiger partial charge in [0.1, 0.15) is 0 Å². The van der Waals surface area contributed by atoms with E-state index < -0.39 is 29.4 Å². The first-order valence-corrected chi connectivity index (χ1v) is 24.1. The molecule has 0 aromatic carbocycles. The Morgan fingerprint density at radius 3 is 1.40 bits per heavy atom. The lowest BCUT2D eigenvalue weighted by atomic mass is 10.0. The summed E-state index contributed by atoms with van der Waals surface area (Å²) in [4.78, 5) is 0. The Labute approximate surface area is 130 Å². The van der Waals surface area contributed by atoms with E-state index in [9.17, 15) is 0 Å². The van der Waals surface area contributed by atoms with E-state index in [1.807, 2.05) is 0 Å². The van der Waals surface area contributed by atoms with E-state index in [1.54, 1.807) is 0 Å². The lowest BCUT2D eigenvalue weighted by Crippen LogP contribution is -2.85. The lowest BCUT2D eigenvalue weighted by Gasteiger charge is -2.61. The highest BCUT2D eigenvalue weighted by Gasteiger charge is 2.68. The predicted molar refractivity (Wildman–Crippen MR) is 102 cm³/mol. The zero-order valence-corrected chi connectivity index (χ0v) is 19.3. The molecule has 3 atom stereocenters. The van der Waals surface area contributed by atoms with Crippen molar-refractivity contribution in [1.82, 2.24) is 0 Å². The second-order valence-electron chi connectivity index (χ2n) is 10.3. The van der Waals surface area contributed by atoms with E-state index >= 15 is 0 Å². The maximum absolute atomic E-state index is 6.38. The molecule has 2 fully saturated rings. The van der Waals surface area contributed by atoms with Gasteiger partial charge in [0.2, 0.25) is 0 Å². The Bertz CT molecular complexity index is 339. The molecular weight excluding hydrogens is 309 g/mol. The molecule has 3 unspecified atom stereocenters. The van der Waals surface area contributed by atoms with Crippen molar-refractivity contribution in [3.8, 4) is 0 Å². The van der Waals surface area contributed by atoms with Gasteiger partial charge in [0.05, 0.1) is 12.2 Å². The van der Waals surface area contributed by atoms with Crippen LogP contribution >= 0.6 is 0 Å². The van der Waals surface area contributed by atoms with Crippen molar-refractivity contribution in [2.45, 2.75) is 95.9 Å². The van der Waals surface area contributed by atoms with Gasteiger partial charge in [0.25, 0.3) is 0 Å². The first kappa shape index (κ1) is 17.2. The molecule has 2 aliphatic rings. The van der Waals surface area contributed by atoms with E-state index in [1.165, 1.54) is 19.3 Å². The summed E-state index contributed by atoms with van der Waals surface area (Å²) in [6.45, 7) is 23.3. The van der Waals surface area contributed by atoms with E-state index in [0.29, 0.717) is 12.2 Å². The van der Waals surface area contributed by atoms with Crippen LogP contribution in [0.1, 0.15) is 19.3 Å². The molecule has 2 aliphatic heterocycles. The zero-order chi connectivity index (χ0) is 15.6. The highest BCUT2D eigenvalue weighted by atomic mass is 29.9. The Morgan fingerprint density at radius 2 is 1.15 bits per heavy atom. The number of rotatable bonds is 4. The number of hydrogen-bond donors (Lipinski definition) is 0. The third-order valence-corrected chi connectivity index (χ3v) is 80.2. The van der Waals surface area contributed by atoms with E-state index in [2.05, 4.69) is 58.9 Å². The molecule has 0 aliphatic carbocycles. The van der Waals surface area contributed by atoms with Crippen LogP contribution in [-0.4, -0.2) is 41.6 Å². The summed E-state index contributed by atoms with van der Waals surface area (Å²) in [6.07, 6.45) is 5.48. The van der Waals surface area contributed by atoms with Gasteiger partial charge in [-0.2, -0.15) is 0 Å². The smallest absolute Gasteiger partial charge is 0.0580 e. The SMILES string of the molecule is C[Si](C)(C)[Si](C1CC2CCC1O2)([Si](C)(C)C)[Si](C)(C)C. The van der Waals surface area contributed by atoms with Gasteiger partial charge >= 0.3 is 0 Å². The molecule has 20 heavy (non-hydrogen) atoms. The Hall–Kier alpha value is 0.828. The summed E-state index contributed by atoms with van der Waals surface area (Å²) < 4.78 is 6.38. The van der Waals surface area contributed by atoms with Crippen LogP contribution in [0.4, 0.5) is 0 Å². The van der Waals surface area contributed by atoms with E-state index in [-0.39, 0.29) is 0 Å². The van der Waals surface area contributed by atoms with Crippen molar-refractivity contribution in [1.29, 1.82) is 0 Å². The van der Waals surface area contributed by atoms with Crippen LogP contribution in [0.3, 0.4) is 0 Å². The lowest BCUT2D eigenvalue weighted by molar-refractivity contribution is 0.105. The second kappa shape index (κ2) is 4.91. The molecule has 0 amide bonds. The number of ether oxygens (including phenoxy) is 1. The number of hydrogen-bond acceptors (Lipinski definition) is 1. The Morgan fingerprint density at radius 1 is 0.700 bits per heavy atom. The highest BCUT2D eigenvalue weighted by molar-refractivity contribution is 7.89. The molecule has 2 bridgehead atoms. The van der Waals surface area contributed by atoms with E-state index in [0.717, 1.165) is 5.54 Å². The minimum Gasteiger partial charge on any atom is -0.375 e. The first-order valence-electron chi connectivity index (χ1n) is 8.48. The standard InChI is InChI=1S/C15H36OSi4/c1-17(2,3)20(18(4,5)6,19(7,8)9)15-12-13-10-11-14(15)16-13/h13-15H,10-12H2,1-9H3. The van der Waals surface area contributed by atoms with Crippen molar-refractivity contribution in [2.75, 3.05) is 0 Å². The summed E-state index contributed by atoms with van der Waals surface area (Å²) in [6, 6.07) is 0. The molecule has 2 saturated heterocycles. The van der Waals surface area contributed by atoms with Gasteiger partial charge < -0.3 is 4.74 Å². The molecule has 118 valence electrons. The molecule has 0 radical (unpaired) electrons. The quantitative estimate of drug-likeness (QED) is 0.652. The molecule has 0 aromatic rings. The van der Waals surface area contributed by atoms with Gasteiger partial charge in [0, 0.05) is 29.4 Å². The summed E-state index contributed by atoms with van der Waals surface area (Å²) in [7, 11) is -3.38. The Balaban J connectivity index is 2.59. The highest BCUT2D eigenvalue weighted by Crippen LogP contribution is 2.55. The monoisotopic (exact) mass is 344 g/mol. The number of fused-ring (bicyclic) bond motifs is 2. The van der Waals surface area contributed by atoms with Gasteiger partial charge in [0.15, 0.2) is 0 Å². The van der Waals surface area contributed by atoms with Crippen molar-refractivity contribution in [2.24, 2.45) is 0 Å². The van der Waals surface area contributed by atoms with Gasteiger partial charge in [-0.05, 0) is 24.8 Å². The van der Waals surface area contributed by atoms with Gasteiger partial charge in [-0.3, -0.25) is 0 Å². The average Bonchev–Trinajstić information content (AvgIpc) is 2.71. The fraction of sp³-hybridized carbons (Fsp3) is 1.00. The van der Waals surface area contributed by atoms with E-state index in [4.69, 9.17) is 4.74 Å². The molecule has 5 heteroatoms. The fourth-order valence-electron chi connectivity index (χ4n) is 7.14. The van der Waals surface area contributed by atoms with Gasteiger partial charge in [-0.25, -0.2) is 0 Å². The maximum atomic E-state index is 6.38. The molecule has 0 saturated carbocycles. The second-order valence-corrected chi connectivity index (χ2v) is 51.2. The normalized spacial score (nSPS) is 31.9. The predicted octanol–water partition coefficient (Wildman–Crippen LogP) is 5.01. The van der Waals surface area contributed by atoms with Crippen molar-refractivity contribution < 1.29 is 4.74 Å². The van der Waals surface area contributed by atoms with Crippen LogP contribution in [-0.2, 0) is 4.74 Å². The first-order chi connectivity index (χ1) is 8.82. The molecular formula is C15H36OSi4. The van der Waals surface area contributed by atoms with Crippen LogP contribution in [0, 0.1) is 0 Å². The van der Waals surface area contributed by atoms with Gasteiger partial charge in [-0.15, -0.1) is 0 Å². The summed E-state index contributed by atoms with van der Waals surface area (Å²) in [5.41, 5.74) is 1.02. The minimum atomic E-state index is -1.23. The summed E-state index contributed by atoms with van der Waals surface area (Å²) in [5.74, 6) is 0. The van der Waals surface area contributed by atoms with Crippen LogP contribution in [0.15, 0.2) is 0 Å². The van der Waals surface area contributed by atoms with Crippen LogP contribution in [0.2, 0.25) is 64.5 Å². The van der Waals surface area contributed by atoms with Crippen LogP contribution in [0.5, 0.6) is 0 Å². The molecule has 0 spiro atoms. The van der Waals surface area contributed by atoms with Crippen LogP contribution in [0.25, 0.3) is 0 Å². The van der Waals surface area contributed by atoms with Crippen molar-refractivity contribution in [3.63, 3.8) is 0 Å². The third kappa shape index (κ3) is 2.32. The minimum absolute atomic E-state index is 0.640. The van der Waals surface area contributed by atoms with Crippen LogP contribution < -0.4 is 0 Å². The van der Waals surface area contributed by atoms with Crippen molar-refractivity contribution in [3.05, 3.63) is 0 Å². The van der Waals surface area contributed by atoms with Gasteiger partial charge in [-0.1, -0.05) is 58.9 Å². The topological polar surface area (TPSA) is 9.23 Å². The molecule has 1 nitrogen and oxygen atoms in total. The molecule has 2 heterocycles. The average molecular weight is 345 g/mol. The molecule has 0 N–H and O–H groups in total. The zero-order valence-electron chi connectivity index (χ0n) is 15.3.